The third-order valence-electron chi connectivity index (χ3n) is 20.3. The van der Waals surface area contributed by atoms with Gasteiger partial charge in [0.2, 0.25) is 6.29 Å². The molecule has 386 valence electrons. The van der Waals surface area contributed by atoms with Gasteiger partial charge in [0.25, 0.3) is 0 Å². The quantitative estimate of drug-likeness (QED) is 0.0612. The lowest BCUT2D eigenvalue weighted by Crippen LogP contribution is -2.67. The molecule has 9 aliphatic rings. The van der Waals surface area contributed by atoms with Crippen LogP contribution in [0.4, 0.5) is 0 Å². The minimum atomic E-state index is -1.79. The molecule has 5 saturated carbocycles. The van der Waals surface area contributed by atoms with E-state index in [0.29, 0.717) is 19.3 Å². The zero-order valence-corrected chi connectivity index (χ0v) is 40.6. The second kappa shape index (κ2) is 18.0. The van der Waals surface area contributed by atoms with Crippen molar-refractivity contribution in [2.75, 3.05) is 19.8 Å². The van der Waals surface area contributed by atoms with Crippen LogP contribution in [-0.4, -0.2) is 170 Å². The largest absolute Gasteiger partial charge is 0.464 e. The summed E-state index contributed by atoms with van der Waals surface area (Å²) in [6, 6.07) is 0. The van der Waals surface area contributed by atoms with E-state index in [9.17, 15) is 55.5 Å². The number of aliphatic hydroxyl groups excluding tert-OH is 9. The van der Waals surface area contributed by atoms with Gasteiger partial charge in [-0.25, -0.2) is 4.79 Å². The van der Waals surface area contributed by atoms with Crippen LogP contribution in [0, 0.1) is 56.2 Å². The first-order valence-corrected chi connectivity index (χ1v) is 25.3. The van der Waals surface area contributed by atoms with Crippen molar-refractivity contribution in [3.05, 3.63) is 11.6 Å². The highest BCUT2D eigenvalue weighted by Crippen LogP contribution is 2.82. The van der Waals surface area contributed by atoms with E-state index in [0.717, 1.165) is 51.4 Å². The molecule has 24 atom stereocenters. The molecule has 18 heteroatoms. The Hall–Kier alpha value is -1.88. The molecule has 6 aliphatic carbocycles. The first-order valence-electron chi connectivity index (χ1n) is 25.3. The summed E-state index contributed by atoms with van der Waals surface area (Å²) < 4.78 is 41.8. The predicted octanol–water partition coefficient (Wildman–Crippen LogP) is 1.35. The van der Waals surface area contributed by atoms with Gasteiger partial charge >= 0.3 is 11.9 Å². The van der Waals surface area contributed by atoms with Crippen molar-refractivity contribution in [3.63, 3.8) is 0 Å². The normalized spacial score (nSPS) is 53.6. The van der Waals surface area contributed by atoms with Crippen molar-refractivity contribution in [2.45, 2.75) is 211 Å². The molecule has 3 aliphatic heterocycles. The van der Waals surface area contributed by atoms with E-state index in [2.05, 4.69) is 47.6 Å². The molecule has 8 fully saturated rings. The van der Waals surface area contributed by atoms with Gasteiger partial charge in [-0.3, -0.25) is 4.79 Å². The van der Waals surface area contributed by atoms with Crippen molar-refractivity contribution in [2.24, 2.45) is 56.2 Å². The molecule has 0 aromatic rings. The van der Waals surface area contributed by atoms with Gasteiger partial charge in [0.1, 0.15) is 61.0 Å². The van der Waals surface area contributed by atoms with E-state index in [1.54, 1.807) is 0 Å². The maximum Gasteiger partial charge on any atom is 0.338 e. The number of esters is 2. The van der Waals surface area contributed by atoms with Crippen LogP contribution in [0.1, 0.15) is 119 Å². The molecule has 0 amide bonds. The maximum atomic E-state index is 14.7. The number of carbonyl (C=O) groups is 2. The summed E-state index contributed by atoms with van der Waals surface area (Å²) in [4.78, 5) is 28.1. The highest BCUT2D eigenvalue weighted by molar-refractivity contribution is 5.81. The van der Waals surface area contributed by atoms with Gasteiger partial charge in [-0.05, 0) is 115 Å². The zero-order valence-electron chi connectivity index (χ0n) is 40.6. The molecule has 3 saturated heterocycles. The van der Waals surface area contributed by atoms with E-state index >= 15 is 0 Å². The Kier molecular flexibility index (Phi) is 13.5. The second-order valence-electron chi connectivity index (χ2n) is 23.9. The van der Waals surface area contributed by atoms with Crippen LogP contribution in [0.3, 0.4) is 0 Å². The molecule has 0 spiro atoms. The van der Waals surface area contributed by atoms with Gasteiger partial charge in [-0.2, -0.15) is 0 Å². The predicted molar refractivity (Wildman–Crippen MR) is 236 cm³/mol. The van der Waals surface area contributed by atoms with Crippen LogP contribution in [0.2, 0.25) is 0 Å². The first-order chi connectivity index (χ1) is 31.9. The highest BCUT2D eigenvalue weighted by Gasteiger charge is 2.78. The van der Waals surface area contributed by atoms with Gasteiger partial charge in [-0.15, -0.1) is 0 Å². The Bertz CT molecular complexity index is 1930. The number of rotatable bonds is 11. The van der Waals surface area contributed by atoms with E-state index in [4.69, 9.17) is 33.2 Å². The molecule has 3 heterocycles. The number of hydrogen-bond acceptors (Lipinski definition) is 18. The second-order valence-corrected chi connectivity index (χ2v) is 23.9. The van der Waals surface area contributed by atoms with Gasteiger partial charge in [-0.1, -0.05) is 66.5 Å². The van der Waals surface area contributed by atoms with Crippen LogP contribution in [0.25, 0.3) is 0 Å². The Morgan fingerprint density at radius 3 is 2.16 bits per heavy atom. The minimum Gasteiger partial charge on any atom is -0.464 e. The summed E-state index contributed by atoms with van der Waals surface area (Å²) in [5.74, 6) is -1.02. The average molecular weight is 967 g/mol. The number of carbonyl (C=O) groups excluding carboxylic acids is 2. The molecule has 0 radical (unpaired) electrons. The summed E-state index contributed by atoms with van der Waals surface area (Å²) in [6.45, 7) is 15.0. The van der Waals surface area contributed by atoms with Crippen LogP contribution in [0.15, 0.2) is 11.6 Å². The van der Waals surface area contributed by atoms with E-state index < -0.39 is 121 Å². The van der Waals surface area contributed by atoms with Crippen molar-refractivity contribution < 1.29 is 88.7 Å². The lowest BCUT2D eigenvalue weighted by atomic mass is 9.34. The number of allylic oxidation sites excluding steroid dienone is 2. The lowest BCUT2D eigenvalue weighted by molar-refractivity contribution is -0.366. The number of ether oxygens (including phenoxy) is 7. The maximum absolute atomic E-state index is 14.7. The average Bonchev–Trinajstić information content (AvgIpc) is 3.67. The molecule has 0 unspecified atom stereocenters. The van der Waals surface area contributed by atoms with Crippen molar-refractivity contribution in [1.82, 2.24) is 0 Å². The van der Waals surface area contributed by atoms with Gasteiger partial charge in [0.05, 0.1) is 31.3 Å². The molecular weight excluding hydrogens is 889 g/mol. The van der Waals surface area contributed by atoms with Gasteiger partial charge in [0, 0.05) is 0 Å². The number of fused-ring (bicyclic) bond motifs is 6. The lowest BCUT2D eigenvalue weighted by Gasteiger charge is -2.70. The summed E-state index contributed by atoms with van der Waals surface area (Å²) in [7, 11) is 0. The summed E-state index contributed by atoms with van der Waals surface area (Å²) >= 11 is 0. The summed E-state index contributed by atoms with van der Waals surface area (Å²) in [5, 5.41) is 95.8. The SMILES string of the molecule is CCCCOC(=O)[C@H]1O[C@@H](O[C@H]2CC[C@]3(C)[C@H]4CC=C5[C@@H]6C[C@@]7(C)CC[C@]6(C(=O)O[C@@H]6O[C@H](CO)[C@@H](O)[C@H](O)[C@H]6O)[C@H]7C[C@@]5(C)[C@]4(C)CC[C@H]3C2(C)C)[C@H](O[C@@H]2OC[C@@H](O)[C@H](O)[C@H]2O)[C@@H](O)[C@@H]1O. The molecule has 4 bridgehead atoms. The van der Waals surface area contributed by atoms with Crippen LogP contribution in [0.5, 0.6) is 0 Å². The first kappa shape index (κ1) is 51.0. The highest BCUT2D eigenvalue weighted by atomic mass is 16.8. The summed E-state index contributed by atoms with van der Waals surface area (Å²) in [5.41, 5.74) is -0.727. The fourth-order valence-electron chi connectivity index (χ4n) is 16.3. The Balaban J connectivity index is 0.966. The van der Waals surface area contributed by atoms with Crippen LogP contribution < -0.4 is 0 Å². The van der Waals surface area contributed by atoms with Gasteiger partial charge < -0.3 is 79.1 Å². The van der Waals surface area contributed by atoms with Gasteiger partial charge in [0.15, 0.2) is 18.7 Å². The van der Waals surface area contributed by atoms with E-state index in [-0.39, 0.29) is 58.5 Å². The molecule has 9 rings (SSSR count). The third kappa shape index (κ3) is 7.45. The zero-order chi connectivity index (χ0) is 49.3. The minimum absolute atomic E-state index is 0.0121. The van der Waals surface area contributed by atoms with Crippen molar-refractivity contribution in [3.8, 4) is 0 Å². The smallest absolute Gasteiger partial charge is 0.338 e. The molecule has 18 nitrogen and oxygen atoms in total. The standard InChI is InChI=1S/C50H78O18/c1-8-9-18-62-40(60)38-34(56)35(57)39(67-41-36(58)31(53)25(52)22-63-41)43(66-38)65-30-13-14-47(5)27(45(30,2)3)12-15-48(6)28(47)11-10-23-24-19-46(4)16-17-50(24,29(46)20-49(23,48)7)44(61)68-42-37(59)33(55)32(54)26(21-51)64-42/h10,24-39,41-43,51-59H,8-9,11-22H2,1-7H3/t24-,25+,26+,27-,28+,29-,30-,31-,32+,33-,34-,35-,36+,37+,38-,39+,41-,42-,43+,46+,47-,48+,49+,50+/m0/s1. The monoisotopic (exact) mass is 967 g/mol. The topological polar surface area (TPSA) is 281 Å². The molecule has 0 aromatic carbocycles. The fraction of sp³-hybridized carbons (Fsp3) is 0.920. The number of hydrogen-bond donors (Lipinski definition) is 9. The summed E-state index contributed by atoms with van der Waals surface area (Å²) in [6.07, 6.45) is -11.6. The number of unbranched alkanes of at least 4 members (excludes halogenated alkanes) is 1. The van der Waals surface area contributed by atoms with E-state index in [1.165, 1.54) is 5.57 Å². The Morgan fingerprint density at radius 2 is 1.46 bits per heavy atom. The Morgan fingerprint density at radius 1 is 0.735 bits per heavy atom. The van der Waals surface area contributed by atoms with Crippen molar-refractivity contribution in [1.29, 1.82) is 0 Å². The third-order valence-corrected chi connectivity index (χ3v) is 20.3. The molecular formula is C50H78O18. The molecule has 9 N–H and O–H groups in total. The van der Waals surface area contributed by atoms with Crippen LogP contribution >= 0.6 is 0 Å². The number of aliphatic hydroxyl groups is 9. The Labute approximate surface area is 398 Å². The van der Waals surface area contributed by atoms with Crippen molar-refractivity contribution >= 4 is 11.9 Å². The van der Waals surface area contributed by atoms with E-state index in [1.807, 2.05) is 6.92 Å². The fourth-order valence-corrected chi connectivity index (χ4v) is 16.3. The molecule has 68 heavy (non-hydrogen) atoms. The molecule has 0 aromatic heterocycles. The van der Waals surface area contributed by atoms with Crippen LogP contribution in [-0.2, 0) is 42.7 Å².